The Kier molecular flexibility index (Phi) is 4.44. The summed E-state index contributed by atoms with van der Waals surface area (Å²) in [6.45, 7) is 5.77. The van der Waals surface area contributed by atoms with E-state index in [4.69, 9.17) is 0 Å². The number of pyridine rings is 1. The number of nitrogens with zero attached hydrogens (tertiary/aromatic N) is 1. The zero-order valence-electron chi connectivity index (χ0n) is 12.8. The largest absolute Gasteiger partial charge is 0.370 e. The number of aromatic nitrogens is 1. The van der Waals surface area contributed by atoms with Crippen molar-refractivity contribution in [3.05, 3.63) is 18.3 Å². The third-order valence-corrected chi connectivity index (χ3v) is 5.58. The standard InChI is InChI=1S/C15H23F2N2OP/c1-14(7-4-8-15(16,17)10-14)11-19-13-6-5-12(9-18-13)21(2,3)20/h5-6,9H,4,7-8,10-11H2,1-3H3,(H,18,19). The fourth-order valence-corrected chi connectivity index (χ4v) is 3.61. The third-order valence-electron chi connectivity index (χ3n) is 4.07. The third kappa shape index (κ3) is 4.50. The van der Waals surface area contributed by atoms with E-state index >= 15 is 0 Å². The highest BCUT2D eigenvalue weighted by molar-refractivity contribution is 7.70. The summed E-state index contributed by atoms with van der Waals surface area (Å²) < 4.78 is 39.0. The number of nitrogens with one attached hydrogen (secondary N) is 1. The Bertz CT molecular complexity index is 541. The Hall–Kier alpha value is -0.960. The number of halogens is 2. The Labute approximate surface area is 124 Å². The minimum atomic E-state index is -2.55. The molecule has 1 heterocycles. The summed E-state index contributed by atoms with van der Waals surface area (Å²) in [5.41, 5.74) is -0.410. The van der Waals surface area contributed by atoms with Crippen LogP contribution in [-0.4, -0.2) is 30.8 Å². The van der Waals surface area contributed by atoms with Crippen molar-refractivity contribution in [2.75, 3.05) is 25.2 Å². The predicted octanol–water partition coefficient (Wildman–Crippen LogP) is 3.96. The average molecular weight is 316 g/mol. The van der Waals surface area contributed by atoms with Gasteiger partial charge in [-0.3, -0.25) is 0 Å². The maximum Gasteiger partial charge on any atom is 0.248 e. The van der Waals surface area contributed by atoms with Crippen LogP contribution in [0.3, 0.4) is 0 Å². The van der Waals surface area contributed by atoms with Crippen molar-refractivity contribution in [1.29, 1.82) is 0 Å². The van der Waals surface area contributed by atoms with Crippen LogP contribution in [0.5, 0.6) is 0 Å². The van der Waals surface area contributed by atoms with Gasteiger partial charge in [-0.2, -0.15) is 0 Å². The minimum absolute atomic E-state index is 0.00216. The fourth-order valence-electron chi connectivity index (χ4n) is 2.84. The highest BCUT2D eigenvalue weighted by atomic mass is 31.2. The van der Waals surface area contributed by atoms with Crippen molar-refractivity contribution in [2.45, 2.75) is 38.5 Å². The van der Waals surface area contributed by atoms with Gasteiger partial charge in [-0.05, 0) is 43.7 Å². The normalized spacial score (nSPS) is 25.6. The molecule has 21 heavy (non-hydrogen) atoms. The highest BCUT2D eigenvalue weighted by Crippen LogP contribution is 2.44. The molecule has 0 radical (unpaired) electrons. The lowest BCUT2D eigenvalue weighted by molar-refractivity contribution is -0.0741. The van der Waals surface area contributed by atoms with Crippen LogP contribution < -0.4 is 10.6 Å². The van der Waals surface area contributed by atoms with Crippen LogP contribution in [0.25, 0.3) is 0 Å². The first kappa shape index (κ1) is 16.4. The Morgan fingerprint density at radius 3 is 2.57 bits per heavy atom. The van der Waals surface area contributed by atoms with Crippen molar-refractivity contribution < 1.29 is 13.3 Å². The quantitative estimate of drug-likeness (QED) is 0.855. The molecule has 1 aliphatic carbocycles. The molecule has 1 unspecified atom stereocenters. The molecule has 1 N–H and O–H groups in total. The lowest BCUT2D eigenvalue weighted by Gasteiger charge is -2.38. The van der Waals surface area contributed by atoms with E-state index < -0.39 is 18.5 Å². The fraction of sp³-hybridized carbons (Fsp3) is 0.667. The zero-order valence-corrected chi connectivity index (χ0v) is 13.7. The summed E-state index contributed by atoms with van der Waals surface area (Å²) in [6.07, 6.45) is 2.88. The second-order valence-electron chi connectivity index (χ2n) is 6.80. The highest BCUT2D eigenvalue weighted by Gasteiger charge is 2.42. The van der Waals surface area contributed by atoms with E-state index in [9.17, 15) is 13.3 Å². The van der Waals surface area contributed by atoms with E-state index in [2.05, 4.69) is 10.3 Å². The van der Waals surface area contributed by atoms with E-state index in [0.717, 1.165) is 11.7 Å². The van der Waals surface area contributed by atoms with Crippen molar-refractivity contribution >= 4 is 18.3 Å². The zero-order chi connectivity index (χ0) is 15.7. The van der Waals surface area contributed by atoms with Gasteiger partial charge in [-0.25, -0.2) is 13.8 Å². The molecule has 0 amide bonds. The summed E-state index contributed by atoms with van der Waals surface area (Å²) in [7, 11) is -2.30. The van der Waals surface area contributed by atoms with Gasteiger partial charge in [0.25, 0.3) is 0 Å². The molecule has 6 heteroatoms. The van der Waals surface area contributed by atoms with Crippen LogP contribution in [-0.2, 0) is 4.57 Å². The molecule has 1 aromatic rings. The number of anilines is 1. The maximum absolute atomic E-state index is 13.5. The Morgan fingerprint density at radius 2 is 2.05 bits per heavy atom. The summed E-state index contributed by atoms with van der Waals surface area (Å²) in [5.74, 6) is -1.91. The SMILES string of the molecule is CC1(CNc2ccc(P(C)(C)=O)cn2)CCCC(F)(F)C1. The van der Waals surface area contributed by atoms with Crippen LogP contribution in [0.4, 0.5) is 14.6 Å². The lowest BCUT2D eigenvalue weighted by Crippen LogP contribution is -2.38. The molecular formula is C15H23F2N2OP. The van der Waals surface area contributed by atoms with E-state index in [1.165, 1.54) is 0 Å². The van der Waals surface area contributed by atoms with Crippen LogP contribution in [0.2, 0.25) is 0 Å². The Balaban J connectivity index is 1.98. The topological polar surface area (TPSA) is 42.0 Å². The van der Waals surface area contributed by atoms with Gasteiger partial charge in [-0.15, -0.1) is 0 Å². The Morgan fingerprint density at radius 1 is 1.33 bits per heavy atom. The van der Waals surface area contributed by atoms with Crippen molar-refractivity contribution in [1.82, 2.24) is 4.98 Å². The molecule has 1 saturated carbocycles. The maximum atomic E-state index is 13.5. The van der Waals surface area contributed by atoms with Gasteiger partial charge in [0.2, 0.25) is 5.92 Å². The number of hydrogen-bond donors (Lipinski definition) is 1. The van der Waals surface area contributed by atoms with Crippen LogP contribution >= 0.6 is 7.14 Å². The molecule has 0 bridgehead atoms. The lowest BCUT2D eigenvalue weighted by atomic mass is 9.74. The first-order valence-electron chi connectivity index (χ1n) is 7.23. The molecule has 1 aliphatic rings. The average Bonchev–Trinajstić information content (AvgIpc) is 2.34. The molecular weight excluding hydrogens is 293 g/mol. The summed E-state index contributed by atoms with van der Waals surface area (Å²) >= 11 is 0. The van der Waals surface area contributed by atoms with Gasteiger partial charge < -0.3 is 9.88 Å². The van der Waals surface area contributed by atoms with E-state index in [0.29, 0.717) is 18.8 Å². The second kappa shape index (κ2) is 5.68. The second-order valence-corrected chi connectivity index (χ2v) is 10.0. The molecule has 0 spiro atoms. The smallest absolute Gasteiger partial charge is 0.248 e. The first-order valence-corrected chi connectivity index (χ1v) is 9.83. The van der Waals surface area contributed by atoms with Crippen LogP contribution in [0.15, 0.2) is 18.3 Å². The van der Waals surface area contributed by atoms with Gasteiger partial charge >= 0.3 is 0 Å². The molecule has 0 aliphatic heterocycles. The molecule has 118 valence electrons. The first-order chi connectivity index (χ1) is 9.60. The number of hydrogen-bond acceptors (Lipinski definition) is 3. The molecule has 2 rings (SSSR count). The van der Waals surface area contributed by atoms with Crippen LogP contribution in [0, 0.1) is 5.41 Å². The monoisotopic (exact) mass is 316 g/mol. The number of rotatable bonds is 4. The van der Waals surface area contributed by atoms with Crippen LogP contribution in [0.1, 0.15) is 32.6 Å². The molecule has 0 saturated heterocycles. The predicted molar refractivity (Wildman–Crippen MR) is 83.3 cm³/mol. The van der Waals surface area contributed by atoms with Crippen molar-refractivity contribution in [2.24, 2.45) is 5.41 Å². The van der Waals surface area contributed by atoms with Crippen molar-refractivity contribution in [3.8, 4) is 0 Å². The van der Waals surface area contributed by atoms with Crippen molar-refractivity contribution in [3.63, 3.8) is 0 Å². The molecule has 1 atom stereocenters. The van der Waals surface area contributed by atoms with Gasteiger partial charge in [0.15, 0.2) is 0 Å². The minimum Gasteiger partial charge on any atom is -0.370 e. The number of alkyl halides is 2. The molecule has 1 fully saturated rings. The summed E-state index contributed by atoms with van der Waals surface area (Å²) in [6, 6.07) is 3.55. The van der Waals surface area contributed by atoms with Gasteiger partial charge in [0, 0.05) is 30.9 Å². The van der Waals surface area contributed by atoms with Gasteiger partial charge in [0.1, 0.15) is 13.0 Å². The molecule has 3 nitrogen and oxygen atoms in total. The summed E-state index contributed by atoms with van der Waals surface area (Å²) in [5, 5.41) is 3.86. The van der Waals surface area contributed by atoms with Gasteiger partial charge in [-0.1, -0.05) is 6.92 Å². The summed E-state index contributed by atoms with van der Waals surface area (Å²) in [4.78, 5) is 4.23. The molecule has 1 aromatic heterocycles. The van der Waals surface area contributed by atoms with E-state index in [-0.39, 0.29) is 12.8 Å². The molecule has 0 aromatic carbocycles. The van der Waals surface area contributed by atoms with E-state index in [1.54, 1.807) is 31.7 Å². The van der Waals surface area contributed by atoms with E-state index in [1.807, 2.05) is 6.92 Å². The van der Waals surface area contributed by atoms with Gasteiger partial charge in [0.05, 0.1) is 0 Å².